The van der Waals surface area contributed by atoms with Gasteiger partial charge >= 0.3 is 0 Å². The summed E-state index contributed by atoms with van der Waals surface area (Å²) in [5.74, 6) is 0.632. The van der Waals surface area contributed by atoms with Crippen LogP contribution in [0.15, 0.2) is 72.8 Å². The van der Waals surface area contributed by atoms with E-state index in [2.05, 4.69) is 32.9 Å². The number of anilines is 2. The summed E-state index contributed by atoms with van der Waals surface area (Å²) in [5, 5.41) is 10.1. The Morgan fingerprint density at radius 2 is 1.80 bits per heavy atom. The smallest absolute Gasteiger partial charge is 0.264 e. The zero-order valence-electron chi connectivity index (χ0n) is 24.2. The fraction of sp³-hybridized carbons (Fsp3) is 0.412. The molecule has 0 saturated carbocycles. The molecule has 3 aromatic rings. The summed E-state index contributed by atoms with van der Waals surface area (Å²) in [4.78, 5) is 30.3. The highest BCUT2D eigenvalue weighted by Crippen LogP contribution is 2.59. The predicted octanol–water partition coefficient (Wildman–Crippen LogP) is 5.19. The summed E-state index contributed by atoms with van der Waals surface area (Å²) < 4.78 is 12.3. The van der Waals surface area contributed by atoms with E-state index in [4.69, 9.17) is 9.47 Å². The van der Waals surface area contributed by atoms with Crippen molar-refractivity contribution in [2.75, 3.05) is 30.1 Å². The van der Waals surface area contributed by atoms with Gasteiger partial charge in [0.2, 0.25) is 5.91 Å². The minimum atomic E-state index is -1.16. The molecule has 1 spiro atoms. The lowest BCUT2D eigenvalue weighted by Gasteiger charge is -2.38. The monoisotopic (exact) mass is 554 g/mol. The van der Waals surface area contributed by atoms with E-state index in [0.29, 0.717) is 19.4 Å². The minimum absolute atomic E-state index is 0.0236. The normalized spacial score (nSPS) is 25.5. The number of benzene rings is 3. The second-order valence-electron chi connectivity index (χ2n) is 12.0. The van der Waals surface area contributed by atoms with Crippen molar-refractivity contribution in [2.45, 2.75) is 57.3 Å². The first kappa shape index (κ1) is 27.5. The number of para-hydroxylation sites is 1. The van der Waals surface area contributed by atoms with Crippen molar-refractivity contribution >= 4 is 23.2 Å². The lowest BCUT2D eigenvalue weighted by Crippen LogP contribution is -2.46. The van der Waals surface area contributed by atoms with Crippen LogP contribution in [0.1, 0.15) is 50.3 Å². The third kappa shape index (κ3) is 4.25. The Labute approximate surface area is 241 Å². The molecule has 3 heterocycles. The van der Waals surface area contributed by atoms with E-state index in [9.17, 15) is 14.7 Å². The third-order valence-corrected chi connectivity index (χ3v) is 9.57. The highest BCUT2D eigenvalue weighted by molar-refractivity contribution is 6.07. The first-order valence-electron chi connectivity index (χ1n) is 14.5. The van der Waals surface area contributed by atoms with Crippen molar-refractivity contribution in [1.82, 2.24) is 0 Å². The van der Waals surface area contributed by atoms with Crippen LogP contribution in [-0.2, 0) is 31.9 Å². The van der Waals surface area contributed by atoms with E-state index in [1.54, 1.807) is 12.0 Å². The lowest BCUT2D eigenvalue weighted by atomic mass is 9.63. The quantitative estimate of drug-likeness (QED) is 0.388. The van der Waals surface area contributed by atoms with Crippen LogP contribution >= 0.6 is 0 Å². The third-order valence-electron chi connectivity index (χ3n) is 9.57. The largest absolute Gasteiger partial charge is 0.497 e. The molecule has 0 bridgehead atoms. The van der Waals surface area contributed by atoms with Crippen LogP contribution < -0.4 is 14.5 Å². The molecule has 7 heteroatoms. The summed E-state index contributed by atoms with van der Waals surface area (Å²) in [5.41, 5.74) is 3.17. The zero-order valence-corrected chi connectivity index (χ0v) is 24.2. The number of methoxy groups -OCH3 is 1. The van der Waals surface area contributed by atoms with Crippen molar-refractivity contribution in [2.24, 2.45) is 11.8 Å². The summed E-state index contributed by atoms with van der Waals surface area (Å²) >= 11 is 0. The van der Waals surface area contributed by atoms with Crippen molar-refractivity contribution in [1.29, 1.82) is 0 Å². The van der Waals surface area contributed by atoms with Gasteiger partial charge in [0.05, 0.1) is 25.4 Å². The molecule has 0 radical (unpaired) electrons. The minimum Gasteiger partial charge on any atom is -0.497 e. The average Bonchev–Trinajstić information content (AvgIpc) is 3.39. The Balaban J connectivity index is 1.38. The van der Waals surface area contributed by atoms with E-state index in [1.165, 1.54) is 0 Å². The number of aliphatic hydroxyl groups is 1. The maximum absolute atomic E-state index is 14.6. The number of ether oxygens (including phenoxy) is 2. The van der Waals surface area contributed by atoms with Gasteiger partial charge < -0.3 is 24.4 Å². The summed E-state index contributed by atoms with van der Waals surface area (Å²) in [7, 11) is 1.66. The molecule has 0 aliphatic carbocycles. The average molecular weight is 555 g/mol. The van der Waals surface area contributed by atoms with Crippen LogP contribution in [-0.4, -0.2) is 43.3 Å². The Morgan fingerprint density at radius 1 is 1.05 bits per heavy atom. The van der Waals surface area contributed by atoms with Gasteiger partial charge in [0.1, 0.15) is 5.75 Å². The van der Waals surface area contributed by atoms with Gasteiger partial charge in [0.15, 0.2) is 5.60 Å². The van der Waals surface area contributed by atoms with Crippen LogP contribution in [0.3, 0.4) is 0 Å². The molecule has 1 N–H and O–H groups in total. The number of β-lactam (4-membered cyclic amide) rings is 1. The second kappa shape index (κ2) is 10.3. The van der Waals surface area contributed by atoms with Crippen molar-refractivity contribution in [3.63, 3.8) is 0 Å². The molecule has 0 unspecified atom stereocenters. The van der Waals surface area contributed by atoms with Gasteiger partial charge in [0, 0.05) is 42.7 Å². The number of carbonyl (C=O) groups is 2. The van der Waals surface area contributed by atoms with E-state index >= 15 is 0 Å². The SMILES string of the molecule is COc1ccc(C(C)(C)[C@H]2[C@H](CCO)O[C@@]3(C(=O)N(Cc4cccc(N5CCC5=O)c4)c4ccccc43)[C@@H]2C)cc1. The van der Waals surface area contributed by atoms with E-state index in [0.717, 1.165) is 40.4 Å². The van der Waals surface area contributed by atoms with E-state index < -0.39 is 5.60 Å². The number of amides is 2. The van der Waals surface area contributed by atoms with Gasteiger partial charge in [-0.1, -0.05) is 63.2 Å². The molecule has 214 valence electrons. The molecule has 7 nitrogen and oxygen atoms in total. The molecule has 2 amide bonds. The Bertz CT molecular complexity index is 1470. The molecule has 41 heavy (non-hydrogen) atoms. The van der Waals surface area contributed by atoms with Crippen LogP contribution in [0.2, 0.25) is 0 Å². The van der Waals surface area contributed by atoms with Gasteiger partial charge in [-0.2, -0.15) is 0 Å². The number of hydrogen-bond acceptors (Lipinski definition) is 5. The van der Waals surface area contributed by atoms with Crippen LogP contribution in [0.25, 0.3) is 0 Å². The number of fused-ring (bicyclic) bond motifs is 2. The number of rotatable bonds is 8. The summed E-state index contributed by atoms with van der Waals surface area (Å²) in [6.45, 7) is 7.61. The maximum Gasteiger partial charge on any atom is 0.264 e. The van der Waals surface area contributed by atoms with Crippen LogP contribution in [0, 0.1) is 11.8 Å². The van der Waals surface area contributed by atoms with Gasteiger partial charge in [-0.15, -0.1) is 0 Å². The molecule has 4 atom stereocenters. The van der Waals surface area contributed by atoms with Gasteiger partial charge in [-0.3, -0.25) is 9.59 Å². The zero-order chi connectivity index (χ0) is 28.9. The highest BCUT2D eigenvalue weighted by atomic mass is 16.5. The summed E-state index contributed by atoms with van der Waals surface area (Å²) in [6.07, 6.45) is 0.700. The van der Waals surface area contributed by atoms with E-state index in [-0.39, 0.29) is 41.8 Å². The molecular formula is C34H38N2O5. The summed E-state index contributed by atoms with van der Waals surface area (Å²) in [6, 6.07) is 23.9. The standard InChI is InChI=1S/C34H38N2O5/c1-22-31(33(2,3)24-12-14-26(40-4)15-13-24)29(17-19-37)41-34(22)27-10-5-6-11-28(27)36(32(34)39)21-23-8-7-9-25(20-23)35-18-16-30(35)38/h5-15,20,22,29,31,37H,16-19,21H2,1-4H3/t22-,29+,31-,34+/m1/s1. The molecule has 6 rings (SSSR count). The Hall–Kier alpha value is -3.68. The van der Waals surface area contributed by atoms with Gasteiger partial charge in [-0.25, -0.2) is 0 Å². The molecule has 3 aliphatic rings. The molecule has 0 aromatic heterocycles. The predicted molar refractivity (Wildman–Crippen MR) is 158 cm³/mol. The molecule has 2 saturated heterocycles. The molecular weight excluding hydrogens is 516 g/mol. The number of hydrogen-bond donors (Lipinski definition) is 1. The first-order chi connectivity index (χ1) is 19.7. The lowest BCUT2D eigenvalue weighted by molar-refractivity contribution is -0.146. The number of aliphatic hydroxyl groups excluding tert-OH is 1. The molecule has 2 fully saturated rings. The fourth-order valence-corrected chi connectivity index (χ4v) is 7.42. The first-order valence-corrected chi connectivity index (χ1v) is 14.5. The van der Waals surface area contributed by atoms with Crippen LogP contribution in [0.4, 0.5) is 11.4 Å². The number of nitrogens with zero attached hydrogens (tertiary/aromatic N) is 2. The number of carbonyl (C=O) groups excluding carboxylic acids is 2. The van der Waals surface area contributed by atoms with E-state index in [1.807, 2.05) is 65.6 Å². The molecule has 3 aromatic carbocycles. The van der Waals surface area contributed by atoms with Gasteiger partial charge in [0.25, 0.3) is 5.91 Å². The van der Waals surface area contributed by atoms with Crippen molar-refractivity contribution in [3.8, 4) is 5.75 Å². The molecule has 3 aliphatic heterocycles. The Morgan fingerprint density at radius 3 is 2.46 bits per heavy atom. The highest BCUT2D eigenvalue weighted by Gasteiger charge is 2.65. The second-order valence-corrected chi connectivity index (χ2v) is 12.0. The van der Waals surface area contributed by atoms with Crippen molar-refractivity contribution in [3.05, 3.63) is 89.5 Å². The Kier molecular flexibility index (Phi) is 6.91. The van der Waals surface area contributed by atoms with Crippen molar-refractivity contribution < 1.29 is 24.2 Å². The van der Waals surface area contributed by atoms with Gasteiger partial charge in [-0.05, 0) is 53.3 Å². The fourth-order valence-electron chi connectivity index (χ4n) is 7.42. The maximum atomic E-state index is 14.6. The topological polar surface area (TPSA) is 79.3 Å². The van der Waals surface area contributed by atoms with Crippen LogP contribution in [0.5, 0.6) is 5.75 Å².